The van der Waals surface area contributed by atoms with Gasteiger partial charge in [0.25, 0.3) is 11.5 Å². The number of hydrogen-bond acceptors (Lipinski definition) is 2. The van der Waals surface area contributed by atoms with Crippen LogP contribution in [-0.2, 0) is 5.66 Å². The Morgan fingerprint density at radius 3 is 2.56 bits per heavy atom. The van der Waals surface area contributed by atoms with Crippen molar-refractivity contribution in [1.29, 1.82) is 0 Å². The van der Waals surface area contributed by atoms with E-state index < -0.39 is 5.66 Å². The van der Waals surface area contributed by atoms with Crippen molar-refractivity contribution in [2.45, 2.75) is 31.3 Å². The number of amides is 1. The minimum absolute atomic E-state index is 0.143. The molecule has 5 heteroatoms. The van der Waals surface area contributed by atoms with Crippen molar-refractivity contribution in [2.75, 3.05) is 0 Å². The third-order valence-corrected chi connectivity index (χ3v) is 4.01. The van der Waals surface area contributed by atoms with Gasteiger partial charge in [0.2, 0.25) is 0 Å². The molecule has 2 aliphatic rings. The minimum Gasteiger partial charge on any atom is -0.278 e. The average molecular weight is 239 g/mol. The van der Waals surface area contributed by atoms with Crippen LogP contribution in [0.2, 0.25) is 0 Å². The molecule has 84 valence electrons. The van der Waals surface area contributed by atoms with Crippen LogP contribution in [0, 0.1) is 0 Å². The van der Waals surface area contributed by atoms with Gasteiger partial charge in [-0.2, -0.15) is 0 Å². The fourth-order valence-electron chi connectivity index (χ4n) is 2.82. The summed E-state index contributed by atoms with van der Waals surface area (Å²) in [5, 5.41) is 0. The molecule has 1 aromatic rings. The normalized spacial score (nSPS) is 21.8. The molecule has 0 saturated heterocycles. The second-order valence-corrected chi connectivity index (χ2v) is 4.70. The van der Waals surface area contributed by atoms with Gasteiger partial charge in [-0.1, -0.05) is 6.07 Å². The molecule has 0 bridgehead atoms. The highest BCUT2D eigenvalue weighted by Crippen LogP contribution is 2.45. The molecular formula is C11H11ClN2O2. The van der Waals surface area contributed by atoms with Crippen LogP contribution in [0.5, 0.6) is 0 Å². The maximum atomic E-state index is 11.9. The van der Waals surface area contributed by atoms with E-state index in [2.05, 4.69) is 0 Å². The number of fused-ring (bicyclic) bond motifs is 2. The SMILES string of the molecule is O=C1c2cccc(=O)n2C2(CCCC2)N1Cl. The number of hydrogen-bond donors (Lipinski definition) is 0. The smallest absolute Gasteiger partial charge is 0.278 e. The maximum Gasteiger partial charge on any atom is 0.287 e. The van der Waals surface area contributed by atoms with Crippen molar-refractivity contribution in [3.63, 3.8) is 0 Å². The zero-order chi connectivity index (χ0) is 11.3. The van der Waals surface area contributed by atoms with Crippen LogP contribution in [0.4, 0.5) is 0 Å². The molecule has 1 saturated carbocycles. The quantitative estimate of drug-likeness (QED) is 0.646. The molecule has 4 nitrogen and oxygen atoms in total. The largest absolute Gasteiger partial charge is 0.287 e. The van der Waals surface area contributed by atoms with Gasteiger partial charge in [-0.3, -0.25) is 14.2 Å². The number of pyridine rings is 1. The van der Waals surface area contributed by atoms with Gasteiger partial charge in [-0.15, -0.1) is 0 Å². The van der Waals surface area contributed by atoms with Crippen LogP contribution < -0.4 is 5.56 Å². The number of halogens is 1. The third kappa shape index (κ3) is 1.00. The van der Waals surface area contributed by atoms with Crippen molar-refractivity contribution >= 4 is 17.7 Å². The molecule has 0 unspecified atom stereocenters. The number of carbonyl (C=O) groups excluding carboxylic acids is 1. The van der Waals surface area contributed by atoms with E-state index in [-0.39, 0.29) is 11.5 Å². The van der Waals surface area contributed by atoms with E-state index in [0.717, 1.165) is 25.7 Å². The van der Waals surface area contributed by atoms with E-state index in [1.54, 1.807) is 16.7 Å². The lowest BCUT2D eigenvalue weighted by atomic mass is 10.1. The van der Waals surface area contributed by atoms with Gasteiger partial charge in [-0.05, 0) is 31.7 Å². The van der Waals surface area contributed by atoms with Crippen LogP contribution in [-0.4, -0.2) is 14.9 Å². The highest BCUT2D eigenvalue weighted by molar-refractivity contribution is 6.25. The minimum atomic E-state index is -0.605. The molecule has 1 fully saturated rings. The lowest BCUT2D eigenvalue weighted by molar-refractivity contribution is 0.0713. The number of nitrogens with zero attached hydrogens (tertiary/aromatic N) is 2. The Morgan fingerprint density at radius 1 is 1.19 bits per heavy atom. The second-order valence-electron chi connectivity index (χ2n) is 4.36. The van der Waals surface area contributed by atoms with Crippen molar-refractivity contribution < 1.29 is 4.79 Å². The molecule has 1 amide bonds. The van der Waals surface area contributed by atoms with E-state index in [0.29, 0.717) is 5.69 Å². The van der Waals surface area contributed by atoms with Gasteiger partial charge < -0.3 is 0 Å². The molecule has 2 heterocycles. The fraction of sp³-hybridized carbons (Fsp3) is 0.455. The summed E-state index contributed by atoms with van der Waals surface area (Å²) in [6.45, 7) is 0. The van der Waals surface area contributed by atoms with Crippen molar-refractivity contribution in [1.82, 2.24) is 8.99 Å². The topological polar surface area (TPSA) is 42.3 Å². The highest BCUT2D eigenvalue weighted by atomic mass is 35.5. The lowest BCUT2D eigenvalue weighted by Gasteiger charge is -2.30. The predicted octanol–water partition coefficient (Wildman–Crippen LogP) is 1.68. The summed E-state index contributed by atoms with van der Waals surface area (Å²) in [6.07, 6.45) is 3.52. The van der Waals surface area contributed by atoms with Gasteiger partial charge in [0.15, 0.2) is 0 Å². The molecule has 0 aromatic carbocycles. The Kier molecular flexibility index (Phi) is 1.92. The molecule has 3 rings (SSSR count). The maximum absolute atomic E-state index is 11.9. The summed E-state index contributed by atoms with van der Waals surface area (Å²) in [4.78, 5) is 23.8. The first kappa shape index (κ1) is 9.90. The van der Waals surface area contributed by atoms with Crippen LogP contribution in [0.25, 0.3) is 0 Å². The fourth-order valence-corrected chi connectivity index (χ4v) is 3.16. The van der Waals surface area contributed by atoms with Gasteiger partial charge in [0.05, 0.1) is 0 Å². The van der Waals surface area contributed by atoms with Crippen LogP contribution >= 0.6 is 11.8 Å². The molecule has 1 aromatic heterocycles. The summed E-state index contributed by atoms with van der Waals surface area (Å²) >= 11 is 6.09. The standard InChI is InChI=1S/C11H11ClN2O2/c12-14-10(16)8-4-3-5-9(15)13(8)11(14)6-1-2-7-11/h3-5H,1-2,6-7H2. The van der Waals surface area contributed by atoms with Crippen molar-refractivity contribution in [3.8, 4) is 0 Å². The third-order valence-electron chi connectivity index (χ3n) is 3.54. The lowest BCUT2D eigenvalue weighted by Crippen LogP contribution is -2.43. The van der Waals surface area contributed by atoms with E-state index in [4.69, 9.17) is 11.8 Å². The summed E-state index contributed by atoms with van der Waals surface area (Å²) in [5.74, 6) is -0.263. The van der Waals surface area contributed by atoms with Gasteiger partial charge >= 0.3 is 0 Å². The zero-order valence-corrected chi connectivity index (χ0v) is 9.41. The summed E-state index contributed by atoms with van der Waals surface area (Å²) in [6, 6.07) is 4.74. The van der Waals surface area contributed by atoms with Crippen LogP contribution in [0.15, 0.2) is 23.0 Å². The van der Waals surface area contributed by atoms with Gasteiger partial charge in [0, 0.05) is 17.8 Å². The number of rotatable bonds is 0. The molecule has 1 aliphatic heterocycles. The molecular weight excluding hydrogens is 228 g/mol. The Morgan fingerprint density at radius 2 is 1.88 bits per heavy atom. The summed E-state index contributed by atoms with van der Waals surface area (Å²) in [7, 11) is 0. The molecule has 0 radical (unpaired) electrons. The van der Waals surface area contributed by atoms with Crippen molar-refractivity contribution in [2.24, 2.45) is 0 Å². The summed E-state index contributed by atoms with van der Waals surface area (Å²) < 4.78 is 2.78. The number of carbonyl (C=O) groups is 1. The Bertz CT molecular complexity index is 517. The first-order valence-corrected chi connectivity index (χ1v) is 5.73. The first-order chi connectivity index (χ1) is 7.67. The van der Waals surface area contributed by atoms with E-state index in [1.807, 2.05) is 0 Å². The van der Waals surface area contributed by atoms with E-state index >= 15 is 0 Å². The van der Waals surface area contributed by atoms with E-state index in [9.17, 15) is 9.59 Å². The highest BCUT2D eigenvalue weighted by Gasteiger charge is 2.51. The molecule has 0 atom stereocenters. The zero-order valence-electron chi connectivity index (χ0n) is 8.65. The molecule has 1 spiro atoms. The number of aromatic nitrogens is 1. The van der Waals surface area contributed by atoms with E-state index in [1.165, 1.54) is 10.5 Å². The monoisotopic (exact) mass is 238 g/mol. The predicted molar refractivity (Wildman–Crippen MR) is 59.2 cm³/mol. The average Bonchev–Trinajstić information content (AvgIpc) is 2.83. The molecule has 1 aliphatic carbocycles. The second kappa shape index (κ2) is 3.10. The van der Waals surface area contributed by atoms with Gasteiger partial charge in [0.1, 0.15) is 11.4 Å². The van der Waals surface area contributed by atoms with Crippen LogP contribution in [0.1, 0.15) is 36.2 Å². The van der Waals surface area contributed by atoms with Crippen LogP contribution in [0.3, 0.4) is 0 Å². The van der Waals surface area contributed by atoms with Crippen molar-refractivity contribution in [3.05, 3.63) is 34.2 Å². The Hall–Kier alpha value is -1.29. The molecule has 0 N–H and O–H groups in total. The van der Waals surface area contributed by atoms with Gasteiger partial charge in [-0.25, -0.2) is 4.42 Å². The first-order valence-electron chi connectivity index (χ1n) is 5.40. The Balaban J connectivity index is 2.32. The molecule has 16 heavy (non-hydrogen) atoms. The Labute approximate surface area is 97.5 Å². The summed E-state index contributed by atoms with van der Waals surface area (Å²) in [5.41, 5.74) is -0.341.